The smallest absolute Gasteiger partial charge is 0.224 e. The molecule has 0 aliphatic heterocycles. The van der Waals surface area contributed by atoms with Gasteiger partial charge in [-0.2, -0.15) is 0 Å². The number of carbonyl (C=O) groups is 1. The topological polar surface area (TPSA) is 75.3 Å². The molecule has 0 radical (unpaired) electrons. The van der Waals surface area contributed by atoms with E-state index in [1.807, 2.05) is 19.1 Å². The Morgan fingerprint density at radius 3 is 2.88 bits per heavy atom. The standard InChI is InChI=1S/C12H18N2O2/c1-2-11(8-15)14-12(16)7-9-4-3-5-10(13)6-9/h3-6,11,15H,2,7-8,13H2,1H3,(H,14,16). The van der Waals surface area contributed by atoms with Gasteiger partial charge in [0.2, 0.25) is 5.91 Å². The first-order chi connectivity index (χ1) is 7.65. The van der Waals surface area contributed by atoms with Gasteiger partial charge in [-0.25, -0.2) is 0 Å². The van der Waals surface area contributed by atoms with Gasteiger partial charge in [0, 0.05) is 5.69 Å². The molecule has 0 aromatic heterocycles. The van der Waals surface area contributed by atoms with Gasteiger partial charge in [0.15, 0.2) is 0 Å². The van der Waals surface area contributed by atoms with Crippen LogP contribution in [0.15, 0.2) is 24.3 Å². The maximum atomic E-state index is 11.6. The quantitative estimate of drug-likeness (QED) is 0.642. The lowest BCUT2D eigenvalue weighted by molar-refractivity contribution is -0.121. The van der Waals surface area contributed by atoms with Gasteiger partial charge >= 0.3 is 0 Å². The Morgan fingerprint density at radius 1 is 1.56 bits per heavy atom. The number of nitrogen functional groups attached to an aromatic ring is 1. The summed E-state index contributed by atoms with van der Waals surface area (Å²) in [6.07, 6.45) is 1.01. The van der Waals surface area contributed by atoms with Gasteiger partial charge in [-0.05, 0) is 24.1 Å². The Kier molecular flexibility index (Phi) is 4.79. The predicted octanol–water partition coefficient (Wildman–Crippen LogP) is 0.698. The van der Waals surface area contributed by atoms with E-state index in [9.17, 15) is 4.79 Å². The van der Waals surface area contributed by atoms with Crippen LogP contribution in [0.5, 0.6) is 0 Å². The summed E-state index contributed by atoms with van der Waals surface area (Å²) in [7, 11) is 0. The number of nitrogens with two attached hydrogens (primary N) is 1. The Morgan fingerprint density at radius 2 is 2.31 bits per heavy atom. The Bertz CT molecular complexity index is 349. The maximum absolute atomic E-state index is 11.6. The first-order valence-electron chi connectivity index (χ1n) is 5.40. The van der Waals surface area contributed by atoms with Crippen LogP contribution < -0.4 is 11.1 Å². The van der Waals surface area contributed by atoms with Crippen LogP contribution in [0.2, 0.25) is 0 Å². The molecule has 0 saturated carbocycles. The van der Waals surface area contributed by atoms with E-state index in [-0.39, 0.29) is 18.6 Å². The van der Waals surface area contributed by atoms with Crippen molar-refractivity contribution in [2.45, 2.75) is 25.8 Å². The summed E-state index contributed by atoms with van der Waals surface area (Å²) in [5, 5.41) is 11.7. The molecule has 0 spiro atoms. The van der Waals surface area contributed by atoms with Gasteiger partial charge in [0.25, 0.3) is 0 Å². The van der Waals surface area contributed by atoms with E-state index in [0.717, 1.165) is 12.0 Å². The highest BCUT2D eigenvalue weighted by atomic mass is 16.3. The number of anilines is 1. The molecule has 0 bridgehead atoms. The molecular weight excluding hydrogens is 204 g/mol. The molecular formula is C12H18N2O2. The minimum atomic E-state index is -0.159. The lowest BCUT2D eigenvalue weighted by Crippen LogP contribution is -2.37. The van der Waals surface area contributed by atoms with Crippen LogP contribution in [0, 0.1) is 0 Å². The number of nitrogens with one attached hydrogen (secondary N) is 1. The molecule has 4 heteroatoms. The highest BCUT2D eigenvalue weighted by molar-refractivity contribution is 5.79. The number of benzene rings is 1. The van der Waals surface area contributed by atoms with Crippen LogP contribution in [0.25, 0.3) is 0 Å². The summed E-state index contributed by atoms with van der Waals surface area (Å²) < 4.78 is 0. The molecule has 0 heterocycles. The monoisotopic (exact) mass is 222 g/mol. The van der Waals surface area contributed by atoms with Crippen molar-refractivity contribution >= 4 is 11.6 Å². The zero-order valence-corrected chi connectivity index (χ0v) is 9.44. The second-order valence-corrected chi connectivity index (χ2v) is 3.78. The summed E-state index contributed by atoms with van der Waals surface area (Å²) in [4.78, 5) is 11.6. The fourth-order valence-corrected chi connectivity index (χ4v) is 1.44. The van der Waals surface area contributed by atoms with Crippen LogP contribution in [-0.4, -0.2) is 23.7 Å². The molecule has 16 heavy (non-hydrogen) atoms. The number of rotatable bonds is 5. The van der Waals surface area contributed by atoms with E-state index in [0.29, 0.717) is 12.1 Å². The molecule has 1 aromatic rings. The van der Waals surface area contributed by atoms with Crippen LogP contribution in [0.4, 0.5) is 5.69 Å². The van der Waals surface area contributed by atoms with E-state index in [2.05, 4.69) is 5.32 Å². The van der Waals surface area contributed by atoms with Crippen molar-refractivity contribution in [3.05, 3.63) is 29.8 Å². The van der Waals surface area contributed by atoms with Gasteiger partial charge in [-0.3, -0.25) is 4.79 Å². The summed E-state index contributed by atoms with van der Waals surface area (Å²) in [6, 6.07) is 7.08. The molecule has 1 atom stereocenters. The molecule has 0 aliphatic carbocycles. The maximum Gasteiger partial charge on any atom is 0.224 e. The largest absolute Gasteiger partial charge is 0.399 e. The molecule has 0 fully saturated rings. The van der Waals surface area contributed by atoms with Crippen molar-refractivity contribution < 1.29 is 9.90 Å². The third kappa shape index (κ3) is 3.90. The average molecular weight is 222 g/mol. The molecule has 1 amide bonds. The third-order valence-electron chi connectivity index (χ3n) is 2.39. The van der Waals surface area contributed by atoms with Gasteiger partial charge in [-0.1, -0.05) is 19.1 Å². The lowest BCUT2D eigenvalue weighted by Gasteiger charge is -2.13. The van der Waals surface area contributed by atoms with E-state index >= 15 is 0 Å². The fraction of sp³-hybridized carbons (Fsp3) is 0.417. The van der Waals surface area contributed by atoms with Crippen LogP contribution in [0.3, 0.4) is 0 Å². The Balaban J connectivity index is 2.51. The van der Waals surface area contributed by atoms with E-state index in [1.165, 1.54) is 0 Å². The van der Waals surface area contributed by atoms with Crippen molar-refractivity contribution in [1.82, 2.24) is 5.32 Å². The number of aliphatic hydroxyl groups excluding tert-OH is 1. The molecule has 1 rings (SSSR count). The van der Waals surface area contributed by atoms with E-state index in [1.54, 1.807) is 12.1 Å². The normalized spacial score (nSPS) is 12.1. The fourth-order valence-electron chi connectivity index (χ4n) is 1.44. The molecule has 1 aromatic carbocycles. The highest BCUT2D eigenvalue weighted by Gasteiger charge is 2.09. The summed E-state index contributed by atoms with van der Waals surface area (Å²) >= 11 is 0. The first-order valence-corrected chi connectivity index (χ1v) is 5.40. The molecule has 1 unspecified atom stereocenters. The van der Waals surface area contributed by atoms with Gasteiger partial charge < -0.3 is 16.2 Å². The second kappa shape index (κ2) is 6.12. The van der Waals surface area contributed by atoms with Gasteiger partial charge in [-0.15, -0.1) is 0 Å². The Labute approximate surface area is 95.5 Å². The van der Waals surface area contributed by atoms with Gasteiger partial charge in [0.1, 0.15) is 0 Å². The molecule has 4 nitrogen and oxygen atoms in total. The van der Waals surface area contributed by atoms with Crippen molar-refractivity contribution in [3.63, 3.8) is 0 Å². The Hall–Kier alpha value is -1.55. The van der Waals surface area contributed by atoms with E-state index < -0.39 is 0 Å². The molecule has 4 N–H and O–H groups in total. The molecule has 88 valence electrons. The van der Waals surface area contributed by atoms with Crippen molar-refractivity contribution in [3.8, 4) is 0 Å². The first kappa shape index (κ1) is 12.5. The predicted molar refractivity (Wildman–Crippen MR) is 63.9 cm³/mol. The minimum absolute atomic E-state index is 0.0286. The van der Waals surface area contributed by atoms with Crippen LogP contribution >= 0.6 is 0 Å². The van der Waals surface area contributed by atoms with Crippen LogP contribution in [0.1, 0.15) is 18.9 Å². The summed E-state index contributed by atoms with van der Waals surface area (Å²) in [5.41, 5.74) is 7.15. The minimum Gasteiger partial charge on any atom is -0.399 e. The number of carbonyl (C=O) groups excluding carboxylic acids is 1. The van der Waals surface area contributed by atoms with Crippen molar-refractivity contribution in [2.75, 3.05) is 12.3 Å². The SMILES string of the molecule is CCC(CO)NC(=O)Cc1cccc(N)c1. The van der Waals surface area contributed by atoms with Gasteiger partial charge in [0.05, 0.1) is 19.1 Å². The number of hydrogen-bond donors (Lipinski definition) is 3. The third-order valence-corrected chi connectivity index (χ3v) is 2.39. The van der Waals surface area contributed by atoms with Crippen LogP contribution in [-0.2, 0) is 11.2 Å². The number of hydrogen-bond acceptors (Lipinski definition) is 3. The summed E-state index contributed by atoms with van der Waals surface area (Å²) in [6.45, 7) is 1.89. The zero-order valence-electron chi connectivity index (χ0n) is 9.44. The van der Waals surface area contributed by atoms with Crippen molar-refractivity contribution in [2.24, 2.45) is 0 Å². The van der Waals surface area contributed by atoms with E-state index in [4.69, 9.17) is 10.8 Å². The number of amides is 1. The number of aliphatic hydroxyl groups is 1. The average Bonchev–Trinajstić information content (AvgIpc) is 2.26. The molecule has 0 saturated heterocycles. The van der Waals surface area contributed by atoms with Crippen molar-refractivity contribution in [1.29, 1.82) is 0 Å². The molecule has 0 aliphatic rings. The lowest BCUT2D eigenvalue weighted by atomic mass is 10.1. The summed E-state index contributed by atoms with van der Waals surface area (Å²) in [5.74, 6) is -0.0912. The second-order valence-electron chi connectivity index (χ2n) is 3.78. The zero-order chi connectivity index (χ0) is 12.0. The highest BCUT2D eigenvalue weighted by Crippen LogP contribution is 2.07.